The lowest BCUT2D eigenvalue weighted by Gasteiger charge is -2.44. The molecule has 2 heterocycles. The van der Waals surface area contributed by atoms with E-state index in [0.29, 0.717) is 18.0 Å². The van der Waals surface area contributed by atoms with E-state index in [2.05, 4.69) is 31.1 Å². The van der Waals surface area contributed by atoms with Crippen LogP contribution in [0.4, 0.5) is 0 Å². The maximum absolute atomic E-state index is 5.74. The van der Waals surface area contributed by atoms with E-state index in [-0.39, 0.29) is 6.10 Å². The second-order valence-electron chi connectivity index (χ2n) is 5.35. The van der Waals surface area contributed by atoms with Crippen LogP contribution in [-0.2, 0) is 9.47 Å². The number of nitrogens with one attached hydrogen (secondary N) is 1. The zero-order valence-corrected chi connectivity index (χ0v) is 11.3. The smallest absolute Gasteiger partial charge is 0.0936 e. The van der Waals surface area contributed by atoms with Crippen LogP contribution in [0, 0.1) is 5.92 Å². The minimum atomic E-state index is 0.268. The molecule has 0 aromatic carbocycles. The van der Waals surface area contributed by atoms with Gasteiger partial charge in [-0.15, -0.1) is 0 Å². The van der Waals surface area contributed by atoms with Gasteiger partial charge in [-0.3, -0.25) is 4.90 Å². The standard InChI is InChI=1S/C13H26N2O2/c1-10-11(2)15(5-4-13(10)14-3)8-12-9-16-6-7-17-12/h10-14H,4-9H2,1-3H3. The molecule has 0 saturated carbocycles. The SMILES string of the molecule is CNC1CCN(CC2COCCO2)C(C)C1C. The highest BCUT2D eigenvalue weighted by Crippen LogP contribution is 2.24. The van der Waals surface area contributed by atoms with Crippen molar-refractivity contribution in [3.63, 3.8) is 0 Å². The summed E-state index contributed by atoms with van der Waals surface area (Å²) in [5.41, 5.74) is 0. The van der Waals surface area contributed by atoms with Crippen molar-refractivity contribution in [2.45, 2.75) is 38.5 Å². The number of ether oxygens (including phenoxy) is 2. The van der Waals surface area contributed by atoms with Crippen LogP contribution in [-0.4, -0.2) is 63.0 Å². The van der Waals surface area contributed by atoms with Gasteiger partial charge in [0.15, 0.2) is 0 Å². The van der Waals surface area contributed by atoms with Crippen LogP contribution in [0.1, 0.15) is 20.3 Å². The normalized spacial score (nSPS) is 40.4. The van der Waals surface area contributed by atoms with Gasteiger partial charge in [-0.2, -0.15) is 0 Å². The number of likely N-dealkylation sites (tertiary alicyclic amines) is 1. The summed E-state index contributed by atoms with van der Waals surface area (Å²) in [5.74, 6) is 0.693. The number of rotatable bonds is 3. The van der Waals surface area contributed by atoms with Gasteiger partial charge in [-0.1, -0.05) is 6.92 Å². The van der Waals surface area contributed by atoms with Crippen molar-refractivity contribution in [2.75, 3.05) is 40.0 Å². The molecule has 0 bridgehead atoms. The third-order valence-electron chi connectivity index (χ3n) is 4.39. The fourth-order valence-corrected chi connectivity index (χ4v) is 3.01. The molecule has 2 aliphatic heterocycles. The zero-order valence-electron chi connectivity index (χ0n) is 11.3. The Labute approximate surface area is 105 Å². The van der Waals surface area contributed by atoms with Crippen molar-refractivity contribution >= 4 is 0 Å². The van der Waals surface area contributed by atoms with Crippen LogP contribution in [0.3, 0.4) is 0 Å². The van der Waals surface area contributed by atoms with Gasteiger partial charge < -0.3 is 14.8 Å². The first kappa shape index (κ1) is 13.3. The fraction of sp³-hybridized carbons (Fsp3) is 1.00. The van der Waals surface area contributed by atoms with E-state index in [4.69, 9.17) is 9.47 Å². The molecule has 2 saturated heterocycles. The Morgan fingerprint density at radius 3 is 2.76 bits per heavy atom. The van der Waals surface area contributed by atoms with E-state index in [0.717, 1.165) is 32.9 Å². The van der Waals surface area contributed by atoms with E-state index < -0.39 is 0 Å². The van der Waals surface area contributed by atoms with Crippen LogP contribution < -0.4 is 5.32 Å². The summed E-state index contributed by atoms with van der Waals surface area (Å²) in [6.07, 6.45) is 1.50. The molecular formula is C13H26N2O2. The number of hydrogen-bond donors (Lipinski definition) is 1. The van der Waals surface area contributed by atoms with E-state index in [1.807, 2.05) is 0 Å². The molecule has 4 heteroatoms. The molecule has 1 N–H and O–H groups in total. The first-order chi connectivity index (χ1) is 8.22. The second-order valence-corrected chi connectivity index (χ2v) is 5.35. The monoisotopic (exact) mass is 242 g/mol. The lowest BCUT2D eigenvalue weighted by atomic mass is 9.87. The molecule has 0 aromatic rings. The summed E-state index contributed by atoms with van der Waals surface area (Å²) in [6.45, 7) is 9.12. The summed E-state index contributed by atoms with van der Waals surface area (Å²) in [6, 6.07) is 1.27. The number of piperidine rings is 1. The first-order valence-electron chi connectivity index (χ1n) is 6.83. The summed E-state index contributed by atoms with van der Waals surface area (Å²) < 4.78 is 11.2. The quantitative estimate of drug-likeness (QED) is 0.791. The van der Waals surface area contributed by atoms with Crippen molar-refractivity contribution in [3.05, 3.63) is 0 Å². The summed E-state index contributed by atoms with van der Waals surface area (Å²) in [7, 11) is 2.07. The Hall–Kier alpha value is -0.160. The van der Waals surface area contributed by atoms with E-state index >= 15 is 0 Å². The Balaban J connectivity index is 1.84. The van der Waals surface area contributed by atoms with Crippen molar-refractivity contribution in [2.24, 2.45) is 5.92 Å². The molecule has 0 aliphatic carbocycles. The molecule has 17 heavy (non-hydrogen) atoms. The second kappa shape index (κ2) is 6.14. The maximum atomic E-state index is 5.74. The topological polar surface area (TPSA) is 33.7 Å². The molecule has 4 unspecified atom stereocenters. The number of hydrogen-bond acceptors (Lipinski definition) is 4. The van der Waals surface area contributed by atoms with Crippen molar-refractivity contribution in [3.8, 4) is 0 Å². The lowest BCUT2D eigenvalue weighted by molar-refractivity contribution is -0.105. The van der Waals surface area contributed by atoms with Gasteiger partial charge in [-0.05, 0) is 26.3 Å². The van der Waals surface area contributed by atoms with Crippen molar-refractivity contribution < 1.29 is 9.47 Å². The Morgan fingerprint density at radius 1 is 1.29 bits per heavy atom. The summed E-state index contributed by atoms with van der Waals surface area (Å²) >= 11 is 0. The van der Waals surface area contributed by atoms with Crippen molar-refractivity contribution in [1.82, 2.24) is 10.2 Å². The lowest BCUT2D eigenvalue weighted by Crippen LogP contribution is -2.55. The molecule has 0 aromatic heterocycles. The van der Waals surface area contributed by atoms with Gasteiger partial charge in [0, 0.05) is 25.2 Å². The van der Waals surface area contributed by atoms with Crippen LogP contribution >= 0.6 is 0 Å². The van der Waals surface area contributed by atoms with E-state index in [1.54, 1.807) is 0 Å². The average Bonchev–Trinajstić information content (AvgIpc) is 2.37. The Kier molecular flexibility index (Phi) is 4.79. The third-order valence-corrected chi connectivity index (χ3v) is 4.39. The molecule has 2 fully saturated rings. The fourth-order valence-electron chi connectivity index (χ4n) is 3.01. The van der Waals surface area contributed by atoms with Crippen LogP contribution in [0.15, 0.2) is 0 Å². The highest BCUT2D eigenvalue weighted by Gasteiger charge is 2.33. The minimum Gasteiger partial charge on any atom is -0.376 e. The third kappa shape index (κ3) is 3.19. The zero-order chi connectivity index (χ0) is 12.3. The molecule has 2 rings (SSSR count). The largest absolute Gasteiger partial charge is 0.376 e. The molecule has 4 nitrogen and oxygen atoms in total. The Bertz CT molecular complexity index is 231. The highest BCUT2D eigenvalue weighted by molar-refractivity contribution is 4.89. The molecule has 2 aliphatic rings. The molecule has 0 radical (unpaired) electrons. The molecule has 4 atom stereocenters. The van der Waals surface area contributed by atoms with E-state index in [1.165, 1.54) is 6.42 Å². The van der Waals surface area contributed by atoms with Crippen LogP contribution in [0.2, 0.25) is 0 Å². The Morgan fingerprint density at radius 2 is 2.12 bits per heavy atom. The molecule has 0 amide bonds. The highest BCUT2D eigenvalue weighted by atomic mass is 16.6. The summed E-state index contributed by atoms with van der Waals surface area (Å²) in [5, 5.41) is 3.43. The average molecular weight is 242 g/mol. The van der Waals surface area contributed by atoms with Gasteiger partial charge in [0.1, 0.15) is 0 Å². The van der Waals surface area contributed by atoms with Gasteiger partial charge in [0.2, 0.25) is 0 Å². The molecular weight excluding hydrogens is 216 g/mol. The van der Waals surface area contributed by atoms with Crippen LogP contribution in [0.25, 0.3) is 0 Å². The molecule has 100 valence electrons. The van der Waals surface area contributed by atoms with Gasteiger partial charge >= 0.3 is 0 Å². The predicted molar refractivity (Wildman–Crippen MR) is 68.2 cm³/mol. The predicted octanol–water partition coefficient (Wildman–Crippen LogP) is 0.720. The van der Waals surface area contributed by atoms with Gasteiger partial charge in [-0.25, -0.2) is 0 Å². The number of nitrogens with zero attached hydrogens (tertiary/aromatic N) is 1. The van der Waals surface area contributed by atoms with Gasteiger partial charge in [0.25, 0.3) is 0 Å². The van der Waals surface area contributed by atoms with Crippen LogP contribution in [0.5, 0.6) is 0 Å². The molecule has 0 spiro atoms. The minimum absolute atomic E-state index is 0.268. The summed E-state index contributed by atoms with van der Waals surface area (Å²) in [4.78, 5) is 2.55. The van der Waals surface area contributed by atoms with Crippen molar-refractivity contribution in [1.29, 1.82) is 0 Å². The van der Waals surface area contributed by atoms with E-state index in [9.17, 15) is 0 Å². The first-order valence-corrected chi connectivity index (χ1v) is 6.83. The maximum Gasteiger partial charge on any atom is 0.0936 e. The van der Waals surface area contributed by atoms with Gasteiger partial charge in [0.05, 0.1) is 25.9 Å².